The fourth-order valence-electron chi connectivity index (χ4n) is 4.53. The molecule has 1 aromatic carbocycles. The van der Waals surface area contributed by atoms with Crippen molar-refractivity contribution in [1.29, 1.82) is 0 Å². The Bertz CT molecular complexity index is 972. The fourth-order valence-corrected chi connectivity index (χ4v) is 4.91. The summed E-state index contributed by atoms with van der Waals surface area (Å²) in [5.74, 6) is 2.21. The Morgan fingerprint density at radius 2 is 2.12 bits per heavy atom. The summed E-state index contributed by atoms with van der Waals surface area (Å²) in [5.41, 5.74) is 3.58. The quantitative estimate of drug-likeness (QED) is 0.643. The van der Waals surface area contributed by atoms with Crippen molar-refractivity contribution in [1.82, 2.24) is 19.6 Å². The Hall–Kier alpha value is -1.99. The Kier molecular flexibility index (Phi) is 3.94. The molecule has 2 atom stereocenters. The normalized spacial score (nSPS) is 21.8. The number of nitrogens with zero attached hydrogens (tertiary/aromatic N) is 5. The third-order valence-electron chi connectivity index (χ3n) is 5.53. The smallest absolute Gasteiger partial charge is 0.254 e. The molecular formula is C19H20BrN5O. The zero-order valence-electron chi connectivity index (χ0n) is 14.6. The van der Waals surface area contributed by atoms with Crippen LogP contribution < -0.4 is 4.90 Å². The summed E-state index contributed by atoms with van der Waals surface area (Å²) >= 11 is 3.65. The number of hydrogen-bond donors (Lipinski definition) is 0. The van der Waals surface area contributed by atoms with Crippen molar-refractivity contribution < 1.29 is 4.74 Å². The van der Waals surface area contributed by atoms with Crippen molar-refractivity contribution in [2.75, 3.05) is 12.0 Å². The monoisotopic (exact) mass is 413 g/mol. The summed E-state index contributed by atoms with van der Waals surface area (Å²) in [6, 6.07) is 9.18. The van der Waals surface area contributed by atoms with E-state index in [-0.39, 0.29) is 0 Å². The molecule has 0 amide bonds. The zero-order chi connectivity index (χ0) is 17.7. The summed E-state index contributed by atoms with van der Waals surface area (Å²) in [5, 5.41) is 4.44. The number of hydrogen-bond acceptors (Lipinski definition) is 5. The summed E-state index contributed by atoms with van der Waals surface area (Å²) < 4.78 is 8.31. The Balaban J connectivity index is 1.72. The van der Waals surface area contributed by atoms with E-state index in [4.69, 9.17) is 4.74 Å². The molecule has 0 saturated heterocycles. The molecule has 1 aliphatic heterocycles. The van der Waals surface area contributed by atoms with Gasteiger partial charge in [-0.15, -0.1) is 0 Å². The Morgan fingerprint density at radius 1 is 1.23 bits per heavy atom. The van der Waals surface area contributed by atoms with Gasteiger partial charge in [-0.05, 0) is 36.6 Å². The van der Waals surface area contributed by atoms with Crippen LogP contribution in [-0.4, -0.2) is 32.7 Å². The van der Waals surface area contributed by atoms with E-state index < -0.39 is 0 Å². The maximum atomic E-state index is 5.32. The molecule has 6 nitrogen and oxygen atoms in total. The average Bonchev–Trinajstić information content (AvgIpc) is 3.24. The molecular weight excluding hydrogens is 394 g/mol. The van der Waals surface area contributed by atoms with Gasteiger partial charge < -0.3 is 9.64 Å². The molecule has 1 saturated carbocycles. The molecule has 0 bridgehead atoms. The van der Waals surface area contributed by atoms with E-state index in [1.807, 2.05) is 4.52 Å². The molecule has 26 heavy (non-hydrogen) atoms. The van der Waals surface area contributed by atoms with Gasteiger partial charge in [-0.1, -0.05) is 28.8 Å². The molecule has 2 aromatic heterocycles. The molecule has 0 spiro atoms. The molecule has 2 aliphatic rings. The molecule has 3 aromatic rings. The van der Waals surface area contributed by atoms with Gasteiger partial charge in [0.1, 0.15) is 12.1 Å². The minimum Gasteiger partial charge on any atom is -0.378 e. The second-order valence-corrected chi connectivity index (χ2v) is 7.96. The first-order valence-electron chi connectivity index (χ1n) is 9.03. The van der Waals surface area contributed by atoms with E-state index in [2.05, 4.69) is 60.2 Å². The predicted molar refractivity (Wildman–Crippen MR) is 103 cm³/mol. The largest absolute Gasteiger partial charge is 0.378 e. The highest BCUT2D eigenvalue weighted by molar-refractivity contribution is 9.10. The minimum atomic E-state index is 0.457. The first-order chi connectivity index (χ1) is 12.8. The molecule has 7 heteroatoms. The van der Waals surface area contributed by atoms with Gasteiger partial charge in [0.05, 0.1) is 12.3 Å². The maximum absolute atomic E-state index is 5.32. The molecule has 1 fully saturated rings. The summed E-state index contributed by atoms with van der Waals surface area (Å²) in [6.45, 7) is 0.464. The van der Waals surface area contributed by atoms with Crippen LogP contribution in [-0.2, 0) is 11.3 Å². The highest BCUT2D eigenvalue weighted by Gasteiger charge is 2.41. The van der Waals surface area contributed by atoms with Gasteiger partial charge in [-0.3, -0.25) is 0 Å². The van der Waals surface area contributed by atoms with Crippen molar-refractivity contribution in [3.63, 3.8) is 0 Å². The van der Waals surface area contributed by atoms with E-state index in [0.717, 1.165) is 16.0 Å². The number of ether oxygens (including phenoxy) is 1. The maximum Gasteiger partial charge on any atom is 0.254 e. The minimum absolute atomic E-state index is 0.457. The molecule has 0 radical (unpaired) electrons. The third kappa shape index (κ3) is 2.45. The van der Waals surface area contributed by atoms with E-state index >= 15 is 0 Å². The lowest BCUT2D eigenvalue weighted by atomic mass is 9.82. The standard InChI is InChI=1S/C19H20BrN5O/c1-26-10-13-9-18(25-19(23-13)21-11-22-25)24-16-5-3-2-4-14(16)15-8-12(20)6-7-17(15)24/h6-9,11,14,16H,2-5,10H2,1H3/t14-,16-/m0/s1. The van der Waals surface area contributed by atoms with E-state index in [1.54, 1.807) is 13.4 Å². The van der Waals surface area contributed by atoms with Crippen molar-refractivity contribution in [2.45, 2.75) is 44.2 Å². The van der Waals surface area contributed by atoms with Gasteiger partial charge in [0.25, 0.3) is 5.78 Å². The number of anilines is 2. The highest BCUT2D eigenvalue weighted by atomic mass is 79.9. The number of rotatable bonds is 3. The lowest BCUT2D eigenvalue weighted by molar-refractivity contribution is 0.181. The fraction of sp³-hybridized carbons (Fsp3) is 0.421. The van der Waals surface area contributed by atoms with E-state index in [9.17, 15) is 0 Å². The number of methoxy groups -OCH3 is 1. The van der Waals surface area contributed by atoms with E-state index in [0.29, 0.717) is 24.3 Å². The van der Waals surface area contributed by atoms with Crippen molar-refractivity contribution >= 4 is 33.2 Å². The second kappa shape index (κ2) is 6.32. The van der Waals surface area contributed by atoms with Gasteiger partial charge in [-0.2, -0.15) is 14.6 Å². The van der Waals surface area contributed by atoms with Crippen LogP contribution in [0, 0.1) is 0 Å². The van der Waals surface area contributed by atoms with Crippen LogP contribution in [0.3, 0.4) is 0 Å². The lowest BCUT2D eigenvalue weighted by Crippen LogP contribution is -2.33. The van der Waals surface area contributed by atoms with Crippen LogP contribution in [0.5, 0.6) is 0 Å². The van der Waals surface area contributed by atoms with Gasteiger partial charge in [-0.25, -0.2) is 4.98 Å². The van der Waals surface area contributed by atoms with Crippen LogP contribution in [0.4, 0.5) is 11.5 Å². The molecule has 0 N–H and O–H groups in total. The Labute approximate surface area is 160 Å². The number of halogens is 1. The molecule has 5 rings (SSSR count). The second-order valence-electron chi connectivity index (χ2n) is 7.04. The van der Waals surface area contributed by atoms with Gasteiger partial charge in [0.2, 0.25) is 0 Å². The van der Waals surface area contributed by atoms with Crippen molar-refractivity contribution in [3.05, 3.63) is 46.3 Å². The van der Waals surface area contributed by atoms with Gasteiger partial charge in [0.15, 0.2) is 0 Å². The van der Waals surface area contributed by atoms with Crippen LogP contribution in [0.1, 0.15) is 42.9 Å². The number of fused-ring (bicyclic) bond motifs is 4. The first kappa shape index (κ1) is 16.2. The van der Waals surface area contributed by atoms with Crippen LogP contribution in [0.2, 0.25) is 0 Å². The van der Waals surface area contributed by atoms with Crippen LogP contribution in [0.15, 0.2) is 35.1 Å². The lowest BCUT2D eigenvalue weighted by Gasteiger charge is -2.33. The molecule has 3 heterocycles. The molecule has 1 aliphatic carbocycles. The summed E-state index contributed by atoms with van der Waals surface area (Å²) in [6.07, 6.45) is 6.56. The van der Waals surface area contributed by atoms with Crippen molar-refractivity contribution in [3.8, 4) is 0 Å². The first-order valence-corrected chi connectivity index (χ1v) is 9.83. The van der Waals surface area contributed by atoms with Crippen molar-refractivity contribution in [2.24, 2.45) is 0 Å². The average molecular weight is 414 g/mol. The highest BCUT2D eigenvalue weighted by Crippen LogP contribution is 2.51. The zero-order valence-corrected chi connectivity index (χ0v) is 16.2. The van der Waals surface area contributed by atoms with Crippen LogP contribution >= 0.6 is 15.9 Å². The number of benzene rings is 1. The van der Waals surface area contributed by atoms with Gasteiger partial charge in [0, 0.05) is 35.3 Å². The molecule has 0 unspecified atom stereocenters. The van der Waals surface area contributed by atoms with Crippen LogP contribution in [0.25, 0.3) is 5.78 Å². The predicted octanol–water partition coefficient (Wildman–Crippen LogP) is 4.21. The number of aromatic nitrogens is 4. The van der Waals surface area contributed by atoms with E-state index in [1.165, 1.54) is 36.9 Å². The summed E-state index contributed by atoms with van der Waals surface area (Å²) in [7, 11) is 1.69. The molecule has 134 valence electrons. The Morgan fingerprint density at radius 3 is 3.00 bits per heavy atom. The summed E-state index contributed by atoms with van der Waals surface area (Å²) in [4.78, 5) is 11.3. The van der Waals surface area contributed by atoms with Gasteiger partial charge >= 0.3 is 0 Å². The SMILES string of the molecule is COCc1cc(N2c3ccc(Br)cc3[C@@H]3CCCC[C@@H]32)n2ncnc2n1. The topological polar surface area (TPSA) is 55.6 Å². The third-order valence-corrected chi connectivity index (χ3v) is 6.03.